The number of hydrogen-bond acceptors (Lipinski definition) is 6. The van der Waals surface area contributed by atoms with Gasteiger partial charge in [-0.3, -0.25) is 4.98 Å². The van der Waals surface area contributed by atoms with Crippen molar-refractivity contribution >= 4 is 27.9 Å². The van der Waals surface area contributed by atoms with Crippen LogP contribution in [-0.4, -0.2) is 15.2 Å². The summed E-state index contributed by atoms with van der Waals surface area (Å²) in [5.41, 5.74) is 5.53. The quantitative estimate of drug-likeness (QED) is 0.555. The Morgan fingerprint density at radius 1 is 1.11 bits per heavy atom. The lowest BCUT2D eigenvalue weighted by molar-refractivity contribution is 0.992. The van der Waals surface area contributed by atoms with Gasteiger partial charge in [0.15, 0.2) is 0 Å². The minimum absolute atomic E-state index is 0.505. The number of anilines is 1. The Balaban J connectivity index is 1.66. The first-order valence-corrected chi connectivity index (χ1v) is 9.39. The van der Waals surface area contributed by atoms with Crippen LogP contribution in [0.15, 0.2) is 48.7 Å². The molecular weight excluding hydrogens is 354 g/mol. The third-order valence-corrected chi connectivity index (χ3v) is 5.30. The van der Waals surface area contributed by atoms with Crippen molar-refractivity contribution in [2.24, 2.45) is 0 Å². The smallest absolute Gasteiger partial charge is 0.147 e. The number of rotatable bonds is 4. The van der Waals surface area contributed by atoms with E-state index < -0.39 is 0 Å². The molecule has 0 unspecified atom stereocenters. The minimum atomic E-state index is 0.505. The lowest BCUT2D eigenvalue weighted by atomic mass is 10.0. The van der Waals surface area contributed by atoms with Crippen molar-refractivity contribution in [3.63, 3.8) is 0 Å². The second-order valence-electron chi connectivity index (χ2n) is 6.36. The summed E-state index contributed by atoms with van der Waals surface area (Å²) >= 11 is 1.55. The highest BCUT2D eigenvalue weighted by molar-refractivity contribution is 7.14. The van der Waals surface area contributed by atoms with Gasteiger partial charge in [-0.05, 0) is 25.5 Å². The van der Waals surface area contributed by atoms with Gasteiger partial charge in [0.1, 0.15) is 16.1 Å². The molecule has 2 aromatic heterocycles. The van der Waals surface area contributed by atoms with E-state index in [1.54, 1.807) is 17.5 Å². The molecule has 4 rings (SSSR count). The van der Waals surface area contributed by atoms with Crippen molar-refractivity contribution in [2.75, 3.05) is 5.32 Å². The molecule has 2 heterocycles. The van der Waals surface area contributed by atoms with Gasteiger partial charge in [-0.25, -0.2) is 0 Å². The van der Waals surface area contributed by atoms with Crippen LogP contribution in [0.3, 0.4) is 0 Å². The molecule has 1 N–H and O–H groups in total. The summed E-state index contributed by atoms with van der Waals surface area (Å²) in [7, 11) is 0. The van der Waals surface area contributed by atoms with Gasteiger partial charge in [0.25, 0.3) is 0 Å². The standard InChI is InChI=1S/C21H17N5S/c1-13-8-14(2)19-17(9-13)20(16(10-22)11-23-19)24-12-18-25-26-21(27-18)15-6-4-3-5-7-15/h3-9,11H,12H2,1-2H3,(H,23,24). The van der Waals surface area contributed by atoms with Crippen molar-refractivity contribution in [1.29, 1.82) is 5.26 Å². The number of hydrogen-bond donors (Lipinski definition) is 1. The van der Waals surface area contributed by atoms with Gasteiger partial charge >= 0.3 is 0 Å². The van der Waals surface area contributed by atoms with Crippen LogP contribution in [0.4, 0.5) is 5.69 Å². The predicted octanol–water partition coefficient (Wildman–Crippen LogP) is 4.85. The van der Waals surface area contributed by atoms with E-state index in [-0.39, 0.29) is 0 Å². The summed E-state index contributed by atoms with van der Waals surface area (Å²) in [6.07, 6.45) is 1.63. The topological polar surface area (TPSA) is 74.5 Å². The van der Waals surface area contributed by atoms with Crippen molar-refractivity contribution < 1.29 is 0 Å². The summed E-state index contributed by atoms with van der Waals surface area (Å²) in [5.74, 6) is 0. The Morgan fingerprint density at radius 3 is 2.70 bits per heavy atom. The molecule has 6 heteroatoms. The molecule has 0 amide bonds. The molecule has 5 nitrogen and oxygen atoms in total. The molecule has 2 aromatic carbocycles. The van der Waals surface area contributed by atoms with Crippen molar-refractivity contribution in [2.45, 2.75) is 20.4 Å². The van der Waals surface area contributed by atoms with Crippen LogP contribution in [0.25, 0.3) is 21.5 Å². The van der Waals surface area contributed by atoms with Crippen molar-refractivity contribution in [3.05, 3.63) is 70.4 Å². The minimum Gasteiger partial charge on any atom is -0.377 e. The van der Waals surface area contributed by atoms with Crippen LogP contribution in [0.2, 0.25) is 0 Å². The van der Waals surface area contributed by atoms with E-state index in [1.807, 2.05) is 44.2 Å². The monoisotopic (exact) mass is 371 g/mol. The molecule has 0 aliphatic carbocycles. The third kappa shape index (κ3) is 3.37. The Hall–Kier alpha value is -3.30. The average molecular weight is 371 g/mol. The molecular formula is C21H17N5S. The first-order valence-electron chi connectivity index (χ1n) is 8.57. The number of aromatic nitrogens is 3. The summed E-state index contributed by atoms with van der Waals surface area (Å²) in [6.45, 7) is 4.59. The fourth-order valence-corrected chi connectivity index (χ4v) is 3.91. The van der Waals surface area contributed by atoms with E-state index in [2.05, 4.69) is 38.7 Å². The number of aryl methyl sites for hydroxylation is 2. The summed E-state index contributed by atoms with van der Waals surface area (Å²) < 4.78 is 0. The van der Waals surface area contributed by atoms with Crippen LogP contribution in [-0.2, 0) is 6.54 Å². The lowest BCUT2D eigenvalue weighted by Crippen LogP contribution is -2.03. The fraction of sp³-hybridized carbons (Fsp3) is 0.143. The van der Waals surface area contributed by atoms with E-state index in [1.165, 1.54) is 0 Å². The molecule has 0 bridgehead atoms. The van der Waals surface area contributed by atoms with Crippen LogP contribution in [0.5, 0.6) is 0 Å². The van der Waals surface area contributed by atoms with Gasteiger partial charge in [0, 0.05) is 17.1 Å². The van der Waals surface area contributed by atoms with Gasteiger partial charge in [0.2, 0.25) is 0 Å². The second kappa shape index (κ2) is 7.14. The molecule has 0 saturated carbocycles. The third-order valence-electron chi connectivity index (χ3n) is 4.33. The maximum absolute atomic E-state index is 9.51. The van der Waals surface area contributed by atoms with Crippen molar-refractivity contribution in [3.8, 4) is 16.6 Å². The number of nitriles is 1. The van der Waals surface area contributed by atoms with Gasteiger partial charge in [-0.1, -0.05) is 53.3 Å². The molecule has 4 aromatic rings. The van der Waals surface area contributed by atoms with Crippen molar-refractivity contribution in [1.82, 2.24) is 15.2 Å². The lowest BCUT2D eigenvalue weighted by Gasteiger charge is -2.12. The van der Waals surface area contributed by atoms with E-state index in [0.717, 1.165) is 43.3 Å². The molecule has 0 atom stereocenters. The Bertz CT molecular complexity index is 1160. The summed E-state index contributed by atoms with van der Waals surface area (Å²) in [5, 5.41) is 24.2. The zero-order valence-electron chi connectivity index (χ0n) is 15.0. The van der Waals surface area contributed by atoms with Gasteiger partial charge in [-0.15, -0.1) is 10.2 Å². The van der Waals surface area contributed by atoms with Crippen LogP contribution in [0.1, 0.15) is 21.7 Å². The molecule has 0 radical (unpaired) electrons. The van der Waals surface area contributed by atoms with E-state index in [4.69, 9.17) is 0 Å². The predicted molar refractivity (Wildman–Crippen MR) is 109 cm³/mol. The highest BCUT2D eigenvalue weighted by atomic mass is 32.1. The Morgan fingerprint density at radius 2 is 1.93 bits per heavy atom. The first kappa shape index (κ1) is 17.1. The Kier molecular flexibility index (Phi) is 4.53. The van der Waals surface area contributed by atoms with Gasteiger partial charge in [-0.2, -0.15) is 5.26 Å². The highest BCUT2D eigenvalue weighted by Gasteiger charge is 2.12. The SMILES string of the molecule is Cc1cc(C)c2ncc(C#N)c(NCc3nnc(-c4ccccc4)s3)c2c1. The Labute approximate surface area is 161 Å². The second-order valence-corrected chi connectivity index (χ2v) is 7.42. The van der Waals surface area contributed by atoms with E-state index in [9.17, 15) is 5.26 Å². The zero-order valence-corrected chi connectivity index (χ0v) is 15.8. The summed E-state index contributed by atoms with van der Waals surface area (Å²) in [6, 6.07) is 16.4. The van der Waals surface area contributed by atoms with Crippen LogP contribution >= 0.6 is 11.3 Å². The molecule has 132 valence electrons. The average Bonchev–Trinajstić information content (AvgIpc) is 3.15. The van der Waals surface area contributed by atoms with Gasteiger partial charge in [0.05, 0.1) is 23.3 Å². The van der Waals surface area contributed by atoms with E-state index >= 15 is 0 Å². The normalized spacial score (nSPS) is 10.7. The first-order chi connectivity index (χ1) is 13.2. The maximum atomic E-state index is 9.51. The molecule has 0 saturated heterocycles. The molecule has 0 aliphatic heterocycles. The molecule has 0 aliphatic rings. The molecule has 27 heavy (non-hydrogen) atoms. The maximum Gasteiger partial charge on any atom is 0.147 e. The summed E-state index contributed by atoms with van der Waals surface area (Å²) in [4.78, 5) is 4.46. The van der Waals surface area contributed by atoms with Crippen LogP contribution in [0, 0.1) is 25.2 Å². The molecule has 0 fully saturated rings. The fourth-order valence-electron chi connectivity index (χ4n) is 3.12. The zero-order chi connectivity index (χ0) is 18.8. The number of pyridine rings is 1. The van der Waals surface area contributed by atoms with Gasteiger partial charge < -0.3 is 5.32 Å². The number of fused-ring (bicyclic) bond motifs is 1. The highest BCUT2D eigenvalue weighted by Crippen LogP contribution is 2.30. The number of nitrogens with zero attached hydrogens (tertiary/aromatic N) is 4. The largest absolute Gasteiger partial charge is 0.377 e. The van der Waals surface area contributed by atoms with Crippen LogP contribution < -0.4 is 5.32 Å². The molecule has 0 spiro atoms. The number of nitrogens with one attached hydrogen (secondary N) is 1. The van der Waals surface area contributed by atoms with E-state index in [0.29, 0.717) is 12.1 Å². The number of benzene rings is 2.